The fourth-order valence-corrected chi connectivity index (χ4v) is 10.9. The molecule has 0 saturated carbocycles. The molecule has 374 valence electrons. The topological polar surface area (TPSA) is 0 Å². The number of rotatable bonds is 0. The molecule has 0 N–H and O–H groups in total. The lowest BCUT2D eigenvalue weighted by Gasteiger charge is -1.99. The number of fused-ring (bicyclic) bond motifs is 14. The summed E-state index contributed by atoms with van der Waals surface area (Å²) in [6, 6.07) is 65.3. The van der Waals surface area contributed by atoms with Gasteiger partial charge in [-0.2, -0.15) is 0 Å². The molecule has 0 bridgehead atoms. The molecule has 0 radical (unpaired) electrons. The normalized spacial score (nSPS) is 9.17. The fourth-order valence-electron chi connectivity index (χ4n) is 7.36. The van der Waals surface area contributed by atoms with Crippen LogP contribution in [0.15, 0.2) is 182 Å². The van der Waals surface area contributed by atoms with Crippen molar-refractivity contribution in [3.63, 3.8) is 0 Å². The van der Waals surface area contributed by atoms with Gasteiger partial charge in [0.25, 0.3) is 0 Å². The van der Waals surface area contributed by atoms with E-state index >= 15 is 0 Å². The number of hydrogen-bond donors (Lipinski definition) is 0. The zero-order valence-corrected chi connectivity index (χ0v) is 48.0. The predicted octanol–water partition coefficient (Wildman–Crippen LogP) is 25.5. The van der Waals surface area contributed by atoms with Crippen LogP contribution in [-0.4, -0.2) is 0 Å². The SMILES string of the molecule is C.CC.CC.CC.CC.CC.CC.CC.CC.CC.c1ccc2c(c1)ccc1c3ccccc3sc21.c1ccc2c(c1)ccc1sc3ccccc3c12.c1ccc2cc3c(cc2c1)sc1ccccc13. The van der Waals surface area contributed by atoms with E-state index in [1.165, 1.54) is 92.8 Å². The lowest BCUT2D eigenvalue weighted by molar-refractivity contribution is 1.50. The molecule has 12 rings (SSSR count). The molecule has 0 aliphatic carbocycles. The van der Waals surface area contributed by atoms with Crippen LogP contribution in [-0.2, 0) is 0 Å². The molecule has 12 aromatic rings. The monoisotopic (exact) mass is 989 g/mol. The van der Waals surface area contributed by atoms with Gasteiger partial charge in [0.2, 0.25) is 0 Å². The van der Waals surface area contributed by atoms with Gasteiger partial charge in [-0.15, -0.1) is 34.0 Å². The highest BCUT2D eigenvalue weighted by molar-refractivity contribution is 7.27. The van der Waals surface area contributed by atoms with Gasteiger partial charge in [-0.1, -0.05) is 278 Å². The maximum atomic E-state index is 2.31. The van der Waals surface area contributed by atoms with Crippen molar-refractivity contribution in [1.29, 1.82) is 0 Å². The van der Waals surface area contributed by atoms with E-state index in [0.29, 0.717) is 0 Å². The first-order chi connectivity index (χ1) is 34.3. The summed E-state index contributed by atoms with van der Waals surface area (Å²) < 4.78 is 8.29. The Hall–Kier alpha value is -5.58. The summed E-state index contributed by atoms with van der Waals surface area (Å²) in [7, 11) is 0. The molecule has 0 aliphatic rings. The zero-order chi connectivity index (χ0) is 51.7. The van der Waals surface area contributed by atoms with Crippen molar-refractivity contribution in [2.75, 3.05) is 0 Å². The molecule has 0 nitrogen and oxygen atoms in total. The van der Waals surface area contributed by atoms with E-state index in [4.69, 9.17) is 0 Å². The van der Waals surface area contributed by atoms with E-state index in [1.807, 2.05) is 159 Å². The van der Waals surface area contributed by atoms with Crippen LogP contribution in [0.1, 0.15) is 132 Å². The van der Waals surface area contributed by atoms with Gasteiger partial charge in [0.05, 0.1) is 0 Å². The summed E-state index contributed by atoms with van der Waals surface area (Å²) in [5.41, 5.74) is 0. The Labute approximate surface area is 438 Å². The van der Waals surface area contributed by atoms with E-state index in [2.05, 4.69) is 182 Å². The minimum Gasteiger partial charge on any atom is -0.135 e. The summed E-state index contributed by atoms with van der Waals surface area (Å²) in [4.78, 5) is 0. The van der Waals surface area contributed by atoms with Crippen molar-refractivity contribution in [1.82, 2.24) is 0 Å². The average molecular weight is 990 g/mol. The van der Waals surface area contributed by atoms with Crippen LogP contribution in [0.5, 0.6) is 0 Å². The second-order valence-electron chi connectivity index (χ2n) is 12.8. The largest absolute Gasteiger partial charge is 0.135 e. The first-order valence-electron chi connectivity index (χ1n) is 26.2. The zero-order valence-electron chi connectivity index (χ0n) is 45.5. The number of benzene rings is 9. The maximum absolute atomic E-state index is 2.31. The Kier molecular flexibility index (Phi) is 34.3. The molecular formula is C67H88S3. The van der Waals surface area contributed by atoms with Crippen molar-refractivity contribution in [3.8, 4) is 0 Å². The van der Waals surface area contributed by atoms with E-state index in [1.54, 1.807) is 0 Å². The summed E-state index contributed by atoms with van der Waals surface area (Å²) >= 11 is 5.64. The van der Waals surface area contributed by atoms with Crippen LogP contribution in [0.3, 0.4) is 0 Å². The van der Waals surface area contributed by atoms with E-state index < -0.39 is 0 Å². The van der Waals surface area contributed by atoms with Gasteiger partial charge in [0, 0.05) is 60.5 Å². The van der Waals surface area contributed by atoms with Gasteiger partial charge in [-0.05, 0) is 68.7 Å². The second kappa shape index (κ2) is 37.3. The van der Waals surface area contributed by atoms with Gasteiger partial charge in [-0.3, -0.25) is 0 Å². The Morgan fingerprint density at radius 1 is 0.214 bits per heavy atom. The minimum atomic E-state index is 0. The highest BCUT2D eigenvalue weighted by Crippen LogP contribution is 2.40. The fraction of sp³-hybridized carbons (Fsp3) is 0.284. The van der Waals surface area contributed by atoms with Gasteiger partial charge in [0.15, 0.2) is 0 Å². The Balaban J connectivity index is 0.000000872. The molecule has 70 heavy (non-hydrogen) atoms. The van der Waals surface area contributed by atoms with Crippen molar-refractivity contribution in [3.05, 3.63) is 182 Å². The molecule has 0 spiro atoms. The maximum Gasteiger partial charge on any atom is 0.0433 e. The smallest absolute Gasteiger partial charge is 0.0433 e. The summed E-state index contributed by atoms with van der Waals surface area (Å²) in [6.07, 6.45) is 0. The molecule has 0 aliphatic heterocycles. The first kappa shape index (κ1) is 64.4. The molecule has 3 heteroatoms. The molecule has 3 heterocycles. The minimum absolute atomic E-state index is 0. The molecule has 0 atom stereocenters. The third-order valence-corrected chi connectivity index (χ3v) is 13.3. The van der Waals surface area contributed by atoms with Crippen LogP contribution in [0.4, 0.5) is 0 Å². The van der Waals surface area contributed by atoms with Crippen molar-refractivity contribution >= 4 is 127 Å². The third-order valence-electron chi connectivity index (χ3n) is 9.78. The van der Waals surface area contributed by atoms with Crippen LogP contribution in [0, 0.1) is 0 Å². The first-order valence-corrected chi connectivity index (χ1v) is 28.6. The van der Waals surface area contributed by atoms with Gasteiger partial charge in [-0.25, -0.2) is 0 Å². The van der Waals surface area contributed by atoms with Crippen LogP contribution < -0.4 is 0 Å². The van der Waals surface area contributed by atoms with Gasteiger partial charge < -0.3 is 0 Å². The predicted molar refractivity (Wildman–Crippen MR) is 339 cm³/mol. The molecule has 0 saturated heterocycles. The molecule has 0 fully saturated rings. The summed E-state index contributed by atoms with van der Waals surface area (Å²) in [5.74, 6) is 0. The highest BCUT2D eigenvalue weighted by atomic mass is 32.1. The van der Waals surface area contributed by atoms with E-state index in [0.717, 1.165) is 0 Å². The van der Waals surface area contributed by atoms with Crippen LogP contribution in [0.2, 0.25) is 0 Å². The van der Waals surface area contributed by atoms with Gasteiger partial charge in [0.1, 0.15) is 0 Å². The Bertz CT molecular complexity index is 3160. The van der Waals surface area contributed by atoms with Crippen LogP contribution in [0.25, 0.3) is 92.8 Å². The molecule has 0 amide bonds. The lowest BCUT2D eigenvalue weighted by atomic mass is 10.0. The standard InChI is InChI=1S/3C16H10S.9C2H6.CH4/c1-2-6-12-10-16-14(9-11(12)5-1)13-7-3-4-8-15(13)17-16;1-2-6-12-11(5-1)9-10-14-13-7-3-4-8-15(13)17-16(12)14;1-2-6-12-11(5-1)9-10-15-16(12)13-7-3-4-8-14(13)17-15;9*1-2;/h3*1-10H;9*1-2H3;1H4. The summed E-state index contributed by atoms with van der Waals surface area (Å²) in [5, 5.41) is 16.3. The molecule has 9 aromatic carbocycles. The number of hydrogen-bond acceptors (Lipinski definition) is 3. The Morgan fingerprint density at radius 3 is 1.09 bits per heavy atom. The van der Waals surface area contributed by atoms with Crippen molar-refractivity contribution < 1.29 is 0 Å². The molecular weight excluding hydrogens is 901 g/mol. The average Bonchev–Trinajstić information content (AvgIpc) is 4.17. The lowest BCUT2D eigenvalue weighted by Crippen LogP contribution is -1.72. The van der Waals surface area contributed by atoms with E-state index in [9.17, 15) is 0 Å². The number of thiophene rings is 3. The Morgan fingerprint density at radius 2 is 0.557 bits per heavy atom. The van der Waals surface area contributed by atoms with Crippen molar-refractivity contribution in [2.45, 2.75) is 132 Å². The van der Waals surface area contributed by atoms with Gasteiger partial charge >= 0.3 is 0 Å². The van der Waals surface area contributed by atoms with E-state index in [-0.39, 0.29) is 7.43 Å². The van der Waals surface area contributed by atoms with Crippen molar-refractivity contribution in [2.24, 2.45) is 0 Å². The third kappa shape index (κ3) is 15.7. The molecule has 3 aromatic heterocycles. The second-order valence-corrected chi connectivity index (χ2v) is 16.0. The van der Waals surface area contributed by atoms with Crippen LogP contribution >= 0.6 is 34.0 Å². The summed E-state index contributed by atoms with van der Waals surface area (Å²) in [6.45, 7) is 36.0. The highest BCUT2D eigenvalue weighted by Gasteiger charge is 2.09. The quantitative estimate of drug-likeness (QED) is 0.142. The molecule has 0 unspecified atom stereocenters.